The van der Waals surface area contributed by atoms with Gasteiger partial charge < -0.3 is 0 Å². The molecule has 0 bridgehead atoms. The van der Waals surface area contributed by atoms with E-state index in [1.807, 2.05) is 19.1 Å². The molecule has 0 radical (unpaired) electrons. The van der Waals surface area contributed by atoms with Crippen molar-refractivity contribution in [3.63, 3.8) is 0 Å². The maximum absolute atomic E-state index is 11.4. The molecule has 0 saturated heterocycles. The number of rotatable bonds is 1. The van der Waals surface area contributed by atoms with Gasteiger partial charge in [-0.3, -0.25) is 0 Å². The first-order valence-corrected chi connectivity index (χ1v) is 4.97. The van der Waals surface area contributed by atoms with E-state index >= 15 is 0 Å². The first-order valence-electron chi connectivity index (χ1n) is 4.97. The number of fused-ring (bicyclic) bond motifs is 1. The lowest BCUT2D eigenvalue weighted by molar-refractivity contribution is -0.367. The van der Waals surface area contributed by atoms with Crippen LogP contribution >= 0.6 is 0 Å². The normalized spacial score (nSPS) is 15.8. The Labute approximate surface area is 88.8 Å². The molecule has 3 heteroatoms. The summed E-state index contributed by atoms with van der Waals surface area (Å²) < 4.78 is 1.39. The smallest absolute Gasteiger partial charge is 0.246 e. The standard InChI is InChI=1S/C12H13N2O/c1-3-4-9-7-10-5-6-11(15)14(2)12(10)13-8-9/h3-4,7-8H,2,5-6H2,1H3/q+1/b4-3+. The van der Waals surface area contributed by atoms with E-state index in [2.05, 4.69) is 17.8 Å². The Morgan fingerprint density at radius 2 is 2.33 bits per heavy atom. The van der Waals surface area contributed by atoms with Gasteiger partial charge in [0.05, 0.1) is 13.1 Å². The van der Waals surface area contributed by atoms with E-state index in [4.69, 9.17) is 0 Å². The van der Waals surface area contributed by atoms with E-state index in [0.717, 1.165) is 17.5 Å². The Morgan fingerprint density at radius 1 is 1.53 bits per heavy atom. The highest BCUT2D eigenvalue weighted by Gasteiger charge is 2.27. The molecule has 0 atom stereocenters. The maximum atomic E-state index is 11.4. The minimum Gasteiger partial charge on any atom is -0.246 e. The van der Waals surface area contributed by atoms with Crippen LogP contribution in [0.3, 0.4) is 0 Å². The fourth-order valence-electron chi connectivity index (χ4n) is 1.73. The Kier molecular flexibility index (Phi) is 2.46. The molecule has 1 aromatic rings. The van der Waals surface area contributed by atoms with Crippen LogP contribution in [-0.2, 0) is 11.2 Å². The van der Waals surface area contributed by atoms with Crippen molar-refractivity contribution in [3.05, 3.63) is 29.5 Å². The monoisotopic (exact) mass is 201 g/mol. The number of nitrogens with zero attached hydrogens (tertiary/aromatic N) is 2. The lowest BCUT2D eigenvalue weighted by atomic mass is 10.0. The number of aromatic nitrogens is 1. The van der Waals surface area contributed by atoms with Crippen LogP contribution in [0.5, 0.6) is 0 Å². The first-order chi connectivity index (χ1) is 7.22. The average Bonchev–Trinajstić information content (AvgIpc) is 2.24. The van der Waals surface area contributed by atoms with Gasteiger partial charge in [0.1, 0.15) is 6.20 Å². The van der Waals surface area contributed by atoms with Gasteiger partial charge in [-0.1, -0.05) is 12.2 Å². The molecule has 3 nitrogen and oxygen atoms in total. The quantitative estimate of drug-likeness (QED) is 0.650. The second-order valence-electron chi connectivity index (χ2n) is 3.57. The molecular formula is C12H13N2O+. The minimum atomic E-state index is 0.0359. The number of pyridine rings is 1. The summed E-state index contributed by atoms with van der Waals surface area (Å²) in [6, 6.07) is 2.06. The molecule has 0 aliphatic carbocycles. The Balaban J connectivity index is 2.47. The van der Waals surface area contributed by atoms with Gasteiger partial charge in [-0.25, -0.2) is 4.79 Å². The molecule has 2 rings (SSSR count). The van der Waals surface area contributed by atoms with Gasteiger partial charge in [0.2, 0.25) is 0 Å². The molecule has 1 aliphatic rings. The Hall–Kier alpha value is -1.77. The highest BCUT2D eigenvalue weighted by molar-refractivity contribution is 5.75. The van der Waals surface area contributed by atoms with Crippen molar-refractivity contribution in [2.75, 3.05) is 0 Å². The molecule has 1 aliphatic heterocycles. The SMILES string of the molecule is C=[N+]1C(=O)CCc2cc(/C=C/C)cnc21. The van der Waals surface area contributed by atoms with Crippen LogP contribution in [0.25, 0.3) is 6.08 Å². The fourth-order valence-corrected chi connectivity index (χ4v) is 1.73. The topological polar surface area (TPSA) is 33.0 Å². The second-order valence-corrected chi connectivity index (χ2v) is 3.57. The van der Waals surface area contributed by atoms with Crippen molar-refractivity contribution in [1.82, 2.24) is 4.98 Å². The van der Waals surface area contributed by atoms with Gasteiger partial charge in [0.25, 0.3) is 0 Å². The molecule has 15 heavy (non-hydrogen) atoms. The molecule has 0 saturated carbocycles. The summed E-state index contributed by atoms with van der Waals surface area (Å²) >= 11 is 0. The second kappa shape index (κ2) is 3.77. The van der Waals surface area contributed by atoms with Crippen LogP contribution in [0.4, 0.5) is 5.82 Å². The van der Waals surface area contributed by atoms with Crippen LogP contribution in [0.2, 0.25) is 0 Å². The summed E-state index contributed by atoms with van der Waals surface area (Å²) in [5.41, 5.74) is 2.17. The number of carbonyl (C=O) groups excluding carboxylic acids is 1. The largest absolute Gasteiger partial charge is 0.333 e. The van der Waals surface area contributed by atoms with Crippen LogP contribution in [-0.4, -0.2) is 22.2 Å². The number of hydrogen-bond donors (Lipinski definition) is 0. The maximum Gasteiger partial charge on any atom is 0.333 e. The van der Waals surface area contributed by atoms with Gasteiger partial charge in [0.15, 0.2) is 0 Å². The predicted octanol–water partition coefficient (Wildman–Crippen LogP) is 1.93. The molecule has 0 N–H and O–H groups in total. The third-order valence-corrected chi connectivity index (χ3v) is 2.49. The summed E-state index contributed by atoms with van der Waals surface area (Å²) in [6.45, 7) is 5.67. The number of carbonyl (C=O) groups is 1. The molecule has 0 aromatic carbocycles. The predicted molar refractivity (Wildman–Crippen MR) is 59.3 cm³/mol. The molecule has 2 heterocycles. The first kappa shape index (κ1) is 9.77. The van der Waals surface area contributed by atoms with Crippen molar-refractivity contribution in [3.8, 4) is 0 Å². The van der Waals surface area contributed by atoms with E-state index in [0.29, 0.717) is 12.2 Å². The molecule has 1 amide bonds. The Bertz CT molecular complexity index is 461. The molecule has 0 fully saturated rings. The molecular weight excluding hydrogens is 188 g/mol. The molecule has 0 unspecified atom stereocenters. The van der Waals surface area contributed by atoms with Crippen LogP contribution in [0.1, 0.15) is 24.5 Å². The zero-order valence-electron chi connectivity index (χ0n) is 8.73. The zero-order chi connectivity index (χ0) is 10.8. The third-order valence-electron chi connectivity index (χ3n) is 2.49. The fraction of sp³-hybridized carbons (Fsp3) is 0.250. The molecule has 1 aromatic heterocycles. The van der Waals surface area contributed by atoms with Gasteiger partial charge >= 0.3 is 11.7 Å². The third kappa shape index (κ3) is 1.73. The minimum absolute atomic E-state index is 0.0359. The number of hydrogen-bond acceptors (Lipinski definition) is 2. The van der Waals surface area contributed by atoms with Crippen molar-refractivity contribution < 1.29 is 9.37 Å². The van der Waals surface area contributed by atoms with Crippen molar-refractivity contribution in [2.24, 2.45) is 0 Å². The van der Waals surface area contributed by atoms with Crippen molar-refractivity contribution in [1.29, 1.82) is 0 Å². The summed E-state index contributed by atoms with van der Waals surface area (Å²) in [5, 5.41) is 0. The van der Waals surface area contributed by atoms with Crippen LogP contribution < -0.4 is 0 Å². The van der Waals surface area contributed by atoms with E-state index in [-0.39, 0.29) is 5.91 Å². The molecule has 76 valence electrons. The van der Waals surface area contributed by atoms with E-state index in [9.17, 15) is 4.79 Å². The highest BCUT2D eigenvalue weighted by Crippen LogP contribution is 2.24. The van der Waals surface area contributed by atoms with E-state index < -0.39 is 0 Å². The average molecular weight is 201 g/mol. The zero-order valence-corrected chi connectivity index (χ0v) is 8.73. The van der Waals surface area contributed by atoms with Gasteiger partial charge in [-0.15, -0.1) is 0 Å². The van der Waals surface area contributed by atoms with Gasteiger partial charge in [-0.05, 0) is 24.4 Å². The summed E-state index contributed by atoms with van der Waals surface area (Å²) in [6.07, 6.45) is 7.02. The lowest BCUT2D eigenvalue weighted by Gasteiger charge is -2.10. The van der Waals surface area contributed by atoms with Crippen molar-refractivity contribution >= 4 is 24.5 Å². The summed E-state index contributed by atoms with van der Waals surface area (Å²) in [7, 11) is 0. The van der Waals surface area contributed by atoms with Crippen LogP contribution in [0, 0.1) is 0 Å². The van der Waals surface area contributed by atoms with Gasteiger partial charge in [0, 0.05) is 11.1 Å². The number of allylic oxidation sites excluding steroid dienone is 1. The lowest BCUT2D eigenvalue weighted by Crippen LogP contribution is -2.22. The van der Waals surface area contributed by atoms with E-state index in [1.165, 1.54) is 4.58 Å². The van der Waals surface area contributed by atoms with E-state index in [1.54, 1.807) is 6.20 Å². The highest BCUT2D eigenvalue weighted by atomic mass is 16.2. The van der Waals surface area contributed by atoms with Gasteiger partial charge in [-0.2, -0.15) is 4.58 Å². The molecule has 0 spiro atoms. The number of aryl methyl sites for hydroxylation is 1. The Morgan fingerprint density at radius 3 is 3.07 bits per heavy atom. The van der Waals surface area contributed by atoms with Crippen LogP contribution in [0.15, 0.2) is 18.3 Å². The number of amides is 1. The summed E-state index contributed by atoms with van der Waals surface area (Å²) in [5.74, 6) is 0.730. The van der Waals surface area contributed by atoms with Crippen molar-refractivity contribution in [2.45, 2.75) is 19.8 Å². The summed E-state index contributed by atoms with van der Waals surface area (Å²) in [4.78, 5) is 15.6.